The number of aromatic carboxylic acids is 1. The van der Waals surface area contributed by atoms with Crippen LogP contribution in [0.2, 0.25) is 0 Å². The normalized spacial score (nSPS) is 18.3. The van der Waals surface area contributed by atoms with Gasteiger partial charge in [0.15, 0.2) is 5.78 Å². The van der Waals surface area contributed by atoms with Crippen molar-refractivity contribution >= 4 is 23.0 Å². The van der Waals surface area contributed by atoms with Crippen molar-refractivity contribution in [1.29, 1.82) is 0 Å². The molecule has 3 aromatic rings. The zero-order valence-corrected chi connectivity index (χ0v) is 22.9. The van der Waals surface area contributed by atoms with Gasteiger partial charge in [0.2, 0.25) is 5.36 Å². The molecule has 5 heterocycles. The highest BCUT2D eigenvalue weighted by atomic mass is 16.5. The Morgan fingerprint density at radius 3 is 2.40 bits per heavy atom. The molecule has 5 aliphatic rings. The monoisotopic (exact) mass is 533 g/mol. The molecule has 0 saturated carbocycles. The molecule has 0 atom stereocenters. The fourth-order valence-electron chi connectivity index (χ4n) is 7.96. The van der Waals surface area contributed by atoms with Gasteiger partial charge in [0, 0.05) is 64.7 Å². The summed E-state index contributed by atoms with van der Waals surface area (Å²) in [6.45, 7) is 5.83. The molecule has 6 nitrogen and oxygen atoms in total. The summed E-state index contributed by atoms with van der Waals surface area (Å²) in [7, 11) is 0. The second-order valence-corrected chi connectivity index (χ2v) is 12.0. The van der Waals surface area contributed by atoms with Crippen LogP contribution < -0.4 is 24.8 Å². The number of hydrogen-bond acceptors (Lipinski definition) is 4. The van der Waals surface area contributed by atoms with Crippen molar-refractivity contribution < 1.29 is 19.4 Å². The van der Waals surface area contributed by atoms with Gasteiger partial charge < -0.3 is 14.7 Å². The van der Waals surface area contributed by atoms with E-state index in [1.165, 1.54) is 33.3 Å². The third kappa shape index (κ3) is 3.38. The number of fused-ring (bicyclic) bond motifs is 4. The Bertz CT molecular complexity index is 1800. The second kappa shape index (κ2) is 8.79. The minimum atomic E-state index is -0.983. The molecule has 3 aromatic carbocycles. The Morgan fingerprint density at radius 2 is 1.60 bits per heavy atom. The maximum Gasteiger partial charge on any atom is 0.336 e. The van der Waals surface area contributed by atoms with Gasteiger partial charge in [0.1, 0.15) is 24.6 Å². The molecule has 8 rings (SSSR count). The number of ether oxygens (including phenoxy) is 1. The standard InChI is InChI=1S/C34H32N2O4/c1-19(37)20-10-11-23(34(38)39)26(16-20)29-27-17-21-6-2-12-35-14-4-8-24(30(21)35)32(27)40-33-25-9-5-15-36-13-3-7-22(31(25)36)18-28(29)33/h10-11,16-18H,2-9,12-15H2,1H3/p+1. The van der Waals surface area contributed by atoms with Crippen LogP contribution in [0.4, 0.5) is 5.69 Å². The van der Waals surface area contributed by atoms with Crippen LogP contribution in [0.15, 0.2) is 30.3 Å². The number of carbonyl (C=O) groups is 2. The molecule has 0 spiro atoms. The number of hydrogen-bond donors (Lipinski definition) is 1. The van der Waals surface area contributed by atoms with E-state index in [0.717, 1.165) is 105 Å². The first-order valence-corrected chi connectivity index (χ1v) is 14.8. The van der Waals surface area contributed by atoms with E-state index in [0.29, 0.717) is 11.1 Å². The first kappa shape index (κ1) is 23.9. The number of rotatable bonds is 3. The minimum absolute atomic E-state index is 0.0707. The number of Topliss-reactive ketones (excluding diaryl/α,β-unsaturated/α-hetero) is 1. The summed E-state index contributed by atoms with van der Waals surface area (Å²) in [5.74, 6) is 0.727. The largest absolute Gasteiger partial charge is 0.478 e. The maximum atomic E-state index is 12.6. The number of aryl methyl sites for hydroxylation is 2. The van der Waals surface area contributed by atoms with Crippen LogP contribution in [0.5, 0.6) is 11.5 Å². The van der Waals surface area contributed by atoms with Crippen molar-refractivity contribution in [2.24, 2.45) is 0 Å². The maximum absolute atomic E-state index is 12.6. The average molecular weight is 534 g/mol. The molecule has 0 bridgehead atoms. The average Bonchev–Trinajstić information content (AvgIpc) is 2.96. The number of carboxylic acids is 1. The number of anilines is 1. The minimum Gasteiger partial charge on any atom is -0.478 e. The van der Waals surface area contributed by atoms with Crippen LogP contribution in [0.25, 0.3) is 5.57 Å². The molecule has 1 N–H and O–H groups in total. The lowest BCUT2D eigenvalue weighted by atomic mass is 9.81. The highest BCUT2D eigenvalue weighted by Gasteiger charge is 2.36. The summed E-state index contributed by atoms with van der Waals surface area (Å²) in [4.78, 5) is 27.7. The molecule has 0 fully saturated rings. The molecular formula is C34H33N2O4+. The van der Waals surface area contributed by atoms with Gasteiger partial charge in [-0.15, -0.1) is 0 Å². The third-order valence-corrected chi connectivity index (χ3v) is 9.61. The molecular weight excluding hydrogens is 500 g/mol. The Labute approximate surface area is 233 Å². The molecule has 0 amide bonds. The third-order valence-electron chi connectivity index (χ3n) is 9.61. The Kier molecular flexibility index (Phi) is 5.25. The lowest BCUT2D eigenvalue weighted by Gasteiger charge is -2.39. The molecule has 202 valence electrons. The highest BCUT2D eigenvalue weighted by molar-refractivity contribution is 6.02. The first-order valence-electron chi connectivity index (χ1n) is 14.8. The van der Waals surface area contributed by atoms with Crippen LogP contribution >= 0.6 is 0 Å². The lowest BCUT2D eigenvalue weighted by Crippen LogP contribution is -2.45. The molecule has 6 heteroatoms. The molecule has 0 aromatic heterocycles. The second-order valence-electron chi connectivity index (χ2n) is 12.0. The van der Waals surface area contributed by atoms with Crippen LogP contribution in [-0.4, -0.2) is 43.0 Å². The van der Waals surface area contributed by atoms with E-state index in [-0.39, 0.29) is 11.3 Å². The van der Waals surface area contributed by atoms with Crippen LogP contribution in [-0.2, 0) is 25.7 Å². The highest BCUT2D eigenvalue weighted by Crippen LogP contribution is 2.48. The van der Waals surface area contributed by atoms with Crippen molar-refractivity contribution in [3.05, 3.63) is 85.4 Å². The predicted molar refractivity (Wildman–Crippen MR) is 154 cm³/mol. The van der Waals surface area contributed by atoms with Crippen molar-refractivity contribution in [2.45, 2.75) is 58.3 Å². The lowest BCUT2D eigenvalue weighted by molar-refractivity contribution is 0.0696. The Balaban J connectivity index is 1.55. The van der Waals surface area contributed by atoms with E-state index in [9.17, 15) is 14.7 Å². The zero-order chi connectivity index (χ0) is 27.1. The molecule has 5 aliphatic heterocycles. The summed E-state index contributed by atoms with van der Waals surface area (Å²) < 4.78 is 9.58. The van der Waals surface area contributed by atoms with Crippen molar-refractivity contribution in [3.8, 4) is 11.5 Å². The number of carboxylic acid groups (broad SMARTS) is 1. The van der Waals surface area contributed by atoms with Crippen molar-refractivity contribution in [3.63, 3.8) is 0 Å². The zero-order valence-electron chi connectivity index (χ0n) is 22.9. The fraction of sp³-hybridized carbons (Fsp3) is 0.382. The van der Waals surface area contributed by atoms with E-state index in [4.69, 9.17) is 4.74 Å². The summed E-state index contributed by atoms with van der Waals surface area (Å²) >= 11 is 0. The number of ketones is 1. The Hall–Kier alpha value is -3.93. The molecule has 0 aliphatic carbocycles. The molecule has 0 radical (unpaired) electrons. The SMILES string of the molecule is CC(=O)c1ccc(C(=O)O)c(C2=c3cc4c5c(c3Oc3c2cc2c6c3CCCN6CCC2)CCC[N+]=5CCC4)c1. The van der Waals surface area contributed by atoms with E-state index in [1.807, 2.05) is 0 Å². The number of nitrogens with zero attached hydrogens (tertiary/aromatic N) is 2. The van der Waals surface area contributed by atoms with Gasteiger partial charge in [-0.2, -0.15) is 0 Å². The smallest absolute Gasteiger partial charge is 0.336 e. The van der Waals surface area contributed by atoms with Gasteiger partial charge in [-0.3, -0.25) is 4.79 Å². The topological polar surface area (TPSA) is 69.9 Å². The summed E-state index contributed by atoms with van der Waals surface area (Å²) in [6, 6.07) is 9.58. The van der Waals surface area contributed by atoms with E-state index >= 15 is 0 Å². The van der Waals surface area contributed by atoms with Gasteiger partial charge in [-0.05, 0) is 80.8 Å². The van der Waals surface area contributed by atoms with Crippen LogP contribution in [0, 0.1) is 0 Å². The van der Waals surface area contributed by atoms with Crippen molar-refractivity contribution in [1.82, 2.24) is 4.58 Å². The summed E-state index contributed by atoms with van der Waals surface area (Å²) in [5.41, 5.74) is 9.75. The molecule has 40 heavy (non-hydrogen) atoms. The molecule has 0 saturated heterocycles. The van der Waals surface area contributed by atoms with Crippen molar-refractivity contribution in [2.75, 3.05) is 31.1 Å². The number of benzene rings is 3. The van der Waals surface area contributed by atoms with Gasteiger partial charge in [0.05, 0.1) is 11.1 Å². The first-order chi connectivity index (χ1) is 19.5. The van der Waals surface area contributed by atoms with Gasteiger partial charge in [-0.1, -0.05) is 6.07 Å². The van der Waals surface area contributed by atoms with Crippen LogP contribution in [0.3, 0.4) is 0 Å². The van der Waals surface area contributed by atoms with Crippen LogP contribution in [0.1, 0.15) is 86.7 Å². The van der Waals surface area contributed by atoms with Gasteiger partial charge in [0.25, 0.3) is 0 Å². The van der Waals surface area contributed by atoms with E-state index in [2.05, 4.69) is 21.6 Å². The summed E-state index contributed by atoms with van der Waals surface area (Å²) in [6.07, 6.45) is 8.33. The Morgan fingerprint density at radius 1 is 0.850 bits per heavy atom. The molecule has 0 unspecified atom stereocenters. The predicted octanol–water partition coefficient (Wildman–Crippen LogP) is 4.02. The summed E-state index contributed by atoms with van der Waals surface area (Å²) in [5, 5.41) is 12.7. The quantitative estimate of drug-likeness (QED) is 0.318. The van der Waals surface area contributed by atoms with Gasteiger partial charge >= 0.3 is 5.97 Å². The van der Waals surface area contributed by atoms with Gasteiger partial charge in [-0.25, -0.2) is 9.37 Å². The fourth-order valence-corrected chi connectivity index (χ4v) is 7.96. The van der Waals surface area contributed by atoms with E-state index in [1.54, 1.807) is 25.1 Å². The number of carbonyl (C=O) groups excluding carboxylic acids is 1. The van der Waals surface area contributed by atoms with E-state index < -0.39 is 5.97 Å².